The summed E-state index contributed by atoms with van der Waals surface area (Å²) in [6.07, 6.45) is 0.621. The maximum atomic E-state index is 12.0. The molecule has 0 aliphatic heterocycles. The lowest BCUT2D eigenvalue weighted by Gasteiger charge is -2.03. The maximum Gasteiger partial charge on any atom is 0.306 e. The van der Waals surface area contributed by atoms with Gasteiger partial charge in [0, 0.05) is 17.5 Å². The predicted molar refractivity (Wildman–Crippen MR) is 109 cm³/mol. The molecule has 0 radical (unpaired) electrons. The van der Waals surface area contributed by atoms with Gasteiger partial charge in [0.25, 0.3) is 0 Å². The van der Waals surface area contributed by atoms with Crippen LogP contribution in [0.1, 0.15) is 23.6 Å². The van der Waals surface area contributed by atoms with Crippen molar-refractivity contribution in [3.8, 4) is 0 Å². The van der Waals surface area contributed by atoms with Gasteiger partial charge < -0.3 is 14.5 Å². The number of thiazole rings is 1. The highest BCUT2D eigenvalue weighted by Gasteiger charge is 2.10. The largest absolute Gasteiger partial charge is 0.459 e. The standard InChI is InChI=1S/C21H19N3O3S/c1-14-6-8-15(9-7-14)22-21-23-16(13-28-21)12-26-20(25)11-10-19-24-17-4-2-3-5-18(17)27-19/h2-9,13H,10-12H2,1H3,(H,22,23). The van der Waals surface area contributed by atoms with Crippen molar-refractivity contribution in [2.75, 3.05) is 5.32 Å². The summed E-state index contributed by atoms with van der Waals surface area (Å²) in [5.74, 6) is 0.236. The van der Waals surface area contributed by atoms with Gasteiger partial charge in [-0.25, -0.2) is 9.97 Å². The number of nitrogens with one attached hydrogen (secondary N) is 1. The summed E-state index contributed by atoms with van der Waals surface area (Å²) < 4.78 is 10.9. The van der Waals surface area contributed by atoms with Crippen molar-refractivity contribution in [3.05, 3.63) is 71.1 Å². The Bertz CT molecular complexity index is 1050. The molecule has 0 spiro atoms. The zero-order valence-electron chi connectivity index (χ0n) is 15.3. The molecule has 0 aliphatic rings. The van der Waals surface area contributed by atoms with E-state index < -0.39 is 0 Å². The number of anilines is 2. The van der Waals surface area contributed by atoms with Gasteiger partial charge in [-0.2, -0.15) is 0 Å². The Kier molecular flexibility index (Phi) is 5.34. The minimum atomic E-state index is -0.303. The van der Waals surface area contributed by atoms with Crippen molar-refractivity contribution in [1.82, 2.24) is 9.97 Å². The summed E-state index contributed by atoms with van der Waals surface area (Å²) >= 11 is 1.47. The molecule has 0 atom stereocenters. The number of carbonyl (C=O) groups excluding carboxylic acids is 1. The quantitative estimate of drug-likeness (QED) is 0.445. The number of carbonyl (C=O) groups is 1. The molecule has 0 unspecified atom stereocenters. The molecule has 2 heterocycles. The molecule has 0 bridgehead atoms. The molecular weight excluding hydrogens is 374 g/mol. The van der Waals surface area contributed by atoms with E-state index in [1.807, 2.05) is 60.8 Å². The number of aromatic nitrogens is 2. The first-order chi connectivity index (χ1) is 13.7. The summed E-state index contributed by atoms with van der Waals surface area (Å²) in [4.78, 5) is 20.8. The molecule has 0 saturated carbocycles. The second-order valence-electron chi connectivity index (χ2n) is 6.37. The Labute approximate surface area is 166 Å². The first kappa shape index (κ1) is 18.2. The van der Waals surface area contributed by atoms with E-state index in [-0.39, 0.29) is 19.0 Å². The van der Waals surface area contributed by atoms with Crippen LogP contribution in [0.15, 0.2) is 58.3 Å². The molecule has 0 amide bonds. The summed E-state index contributed by atoms with van der Waals surface area (Å²) in [5, 5.41) is 5.89. The summed E-state index contributed by atoms with van der Waals surface area (Å²) in [7, 11) is 0. The molecule has 0 saturated heterocycles. The van der Waals surface area contributed by atoms with Crippen molar-refractivity contribution in [2.45, 2.75) is 26.4 Å². The van der Waals surface area contributed by atoms with Crippen LogP contribution in [0.3, 0.4) is 0 Å². The average molecular weight is 393 g/mol. The number of hydrogen-bond acceptors (Lipinski definition) is 7. The molecule has 0 fully saturated rings. The molecule has 142 valence electrons. The minimum absolute atomic E-state index is 0.151. The van der Waals surface area contributed by atoms with Crippen LogP contribution >= 0.6 is 11.3 Å². The van der Waals surface area contributed by atoms with Gasteiger partial charge in [0.2, 0.25) is 0 Å². The third kappa shape index (κ3) is 4.55. The van der Waals surface area contributed by atoms with Gasteiger partial charge >= 0.3 is 5.97 Å². The molecular formula is C21H19N3O3S. The van der Waals surface area contributed by atoms with Gasteiger partial charge in [0.05, 0.1) is 12.1 Å². The Balaban J connectivity index is 1.25. The molecule has 6 nitrogen and oxygen atoms in total. The smallest absolute Gasteiger partial charge is 0.306 e. The topological polar surface area (TPSA) is 77.3 Å². The Morgan fingerprint density at radius 3 is 2.79 bits per heavy atom. The fourth-order valence-electron chi connectivity index (χ4n) is 2.65. The second-order valence-corrected chi connectivity index (χ2v) is 7.23. The van der Waals surface area contributed by atoms with Crippen molar-refractivity contribution in [2.24, 2.45) is 0 Å². The van der Waals surface area contributed by atoms with Crippen LogP contribution in [-0.2, 0) is 22.6 Å². The lowest BCUT2D eigenvalue weighted by Crippen LogP contribution is -2.06. The number of para-hydroxylation sites is 2. The van der Waals surface area contributed by atoms with E-state index >= 15 is 0 Å². The number of benzene rings is 2. The van der Waals surface area contributed by atoms with Crippen LogP contribution in [-0.4, -0.2) is 15.9 Å². The summed E-state index contributed by atoms with van der Waals surface area (Å²) in [6, 6.07) is 15.6. The SMILES string of the molecule is Cc1ccc(Nc2nc(COC(=O)CCc3nc4ccccc4o3)cs2)cc1. The number of aryl methyl sites for hydroxylation is 2. The number of oxazole rings is 1. The third-order valence-corrected chi connectivity index (χ3v) is 4.92. The molecule has 7 heteroatoms. The Morgan fingerprint density at radius 1 is 1.14 bits per heavy atom. The van der Waals surface area contributed by atoms with Gasteiger partial charge in [-0.05, 0) is 31.2 Å². The van der Waals surface area contributed by atoms with E-state index in [4.69, 9.17) is 9.15 Å². The van der Waals surface area contributed by atoms with Crippen LogP contribution in [0.4, 0.5) is 10.8 Å². The first-order valence-electron chi connectivity index (χ1n) is 8.94. The van der Waals surface area contributed by atoms with Crippen LogP contribution < -0.4 is 5.32 Å². The average Bonchev–Trinajstić information content (AvgIpc) is 3.33. The number of hydrogen-bond donors (Lipinski definition) is 1. The minimum Gasteiger partial charge on any atom is -0.459 e. The molecule has 0 aliphatic carbocycles. The van der Waals surface area contributed by atoms with E-state index in [0.717, 1.165) is 27.6 Å². The Hall–Kier alpha value is -3.19. The van der Waals surface area contributed by atoms with E-state index in [1.165, 1.54) is 16.9 Å². The molecule has 28 heavy (non-hydrogen) atoms. The molecule has 4 rings (SSSR count). The van der Waals surface area contributed by atoms with Gasteiger partial charge in [0.1, 0.15) is 12.1 Å². The highest BCUT2D eigenvalue weighted by atomic mass is 32.1. The zero-order valence-corrected chi connectivity index (χ0v) is 16.2. The summed E-state index contributed by atoms with van der Waals surface area (Å²) in [6.45, 7) is 2.20. The number of esters is 1. The molecule has 2 aromatic carbocycles. The monoisotopic (exact) mass is 393 g/mol. The van der Waals surface area contributed by atoms with Crippen LogP contribution in [0, 0.1) is 6.92 Å². The van der Waals surface area contributed by atoms with Crippen LogP contribution in [0.25, 0.3) is 11.1 Å². The second kappa shape index (κ2) is 8.22. The van der Waals surface area contributed by atoms with E-state index in [9.17, 15) is 4.79 Å². The van der Waals surface area contributed by atoms with Crippen molar-refractivity contribution in [3.63, 3.8) is 0 Å². The fraction of sp³-hybridized carbons (Fsp3) is 0.190. The van der Waals surface area contributed by atoms with Crippen LogP contribution in [0.5, 0.6) is 0 Å². The van der Waals surface area contributed by atoms with Gasteiger partial charge in [-0.1, -0.05) is 29.8 Å². The molecule has 2 aromatic heterocycles. The predicted octanol–water partition coefficient (Wildman–Crippen LogP) is 5.01. The number of fused-ring (bicyclic) bond motifs is 1. The van der Waals surface area contributed by atoms with E-state index in [2.05, 4.69) is 15.3 Å². The lowest BCUT2D eigenvalue weighted by molar-refractivity contribution is -0.145. The number of nitrogens with zero attached hydrogens (tertiary/aromatic N) is 2. The van der Waals surface area contributed by atoms with Crippen LogP contribution in [0.2, 0.25) is 0 Å². The lowest BCUT2D eigenvalue weighted by atomic mass is 10.2. The third-order valence-electron chi connectivity index (χ3n) is 4.12. The zero-order chi connectivity index (χ0) is 19.3. The first-order valence-corrected chi connectivity index (χ1v) is 9.82. The van der Waals surface area contributed by atoms with Crippen molar-refractivity contribution < 1.29 is 13.9 Å². The van der Waals surface area contributed by atoms with Gasteiger partial charge in [0.15, 0.2) is 16.6 Å². The van der Waals surface area contributed by atoms with Crippen molar-refractivity contribution in [1.29, 1.82) is 0 Å². The van der Waals surface area contributed by atoms with Crippen molar-refractivity contribution >= 4 is 39.2 Å². The molecule has 4 aromatic rings. The van der Waals surface area contributed by atoms with E-state index in [0.29, 0.717) is 12.3 Å². The highest BCUT2D eigenvalue weighted by molar-refractivity contribution is 7.13. The maximum absolute atomic E-state index is 12.0. The highest BCUT2D eigenvalue weighted by Crippen LogP contribution is 2.22. The van der Waals surface area contributed by atoms with Gasteiger partial charge in [-0.3, -0.25) is 4.79 Å². The molecule has 1 N–H and O–H groups in total. The Morgan fingerprint density at radius 2 is 1.96 bits per heavy atom. The normalized spacial score (nSPS) is 10.9. The van der Waals surface area contributed by atoms with E-state index in [1.54, 1.807) is 0 Å². The number of rotatable bonds is 7. The fourth-order valence-corrected chi connectivity index (χ4v) is 3.37. The van der Waals surface area contributed by atoms with Gasteiger partial charge in [-0.15, -0.1) is 11.3 Å². The number of ether oxygens (including phenoxy) is 1. The summed E-state index contributed by atoms with van der Waals surface area (Å²) in [5.41, 5.74) is 4.41.